The maximum atomic E-state index is 12.9. The Labute approximate surface area is 185 Å². The highest BCUT2D eigenvalue weighted by Crippen LogP contribution is 2.42. The van der Waals surface area contributed by atoms with Crippen molar-refractivity contribution in [3.63, 3.8) is 0 Å². The number of benzene rings is 2. The maximum Gasteiger partial charge on any atom is 0.295 e. The molecule has 1 heterocycles. The summed E-state index contributed by atoms with van der Waals surface area (Å²) in [6.07, 6.45) is 0.620. The molecule has 1 amide bonds. The second kappa shape index (κ2) is 9.31. The number of phenolic OH excluding ortho intramolecular Hbond substituents is 1. The minimum Gasteiger partial charge on any atom is -0.507 e. The standard InChI is InChI=1S/C23H24ClNO6/c1-4-10-25-20(13-7-9-16(26)18(11-13)31-5-2)19(22(28)23(25)29)21(27)14-6-8-15(24)17(12-14)30-3/h6-9,11-12,20,26-27H,4-5,10H2,1-3H3/b21-19-. The van der Waals surface area contributed by atoms with Crippen LogP contribution in [0.3, 0.4) is 0 Å². The highest BCUT2D eigenvalue weighted by molar-refractivity contribution is 6.46. The number of carbonyl (C=O) groups is 2. The summed E-state index contributed by atoms with van der Waals surface area (Å²) in [6.45, 7) is 4.32. The fraction of sp³-hybridized carbons (Fsp3) is 0.304. The number of ketones is 1. The average molecular weight is 446 g/mol. The lowest BCUT2D eigenvalue weighted by Crippen LogP contribution is -2.30. The van der Waals surface area contributed by atoms with Crippen molar-refractivity contribution in [3.8, 4) is 17.2 Å². The number of hydrogen-bond acceptors (Lipinski definition) is 6. The van der Waals surface area contributed by atoms with Crippen molar-refractivity contribution in [2.24, 2.45) is 0 Å². The molecule has 0 aromatic heterocycles. The summed E-state index contributed by atoms with van der Waals surface area (Å²) in [5.74, 6) is -1.30. The molecule has 0 aliphatic carbocycles. The number of likely N-dealkylation sites (tertiary alicyclic amines) is 1. The molecule has 2 N–H and O–H groups in total. The first-order chi connectivity index (χ1) is 14.8. The molecule has 1 unspecified atom stereocenters. The second-order valence-electron chi connectivity index (χ2n) is 7.00. The molecule has 8 heteroatoms. The van der Waals surface area contributed by atoms with E-state index in [2.05, 4.69) is 0 Å². The predicted molar refractivity (Wildman–Crippen MR) is 117 cm³/mol. The number of amides is 1. The summed E-state index contributed by atoms with van der Waals surface area (Å²) in [6, 6.07) is 8.39. The molecular formula is C23H24ClNO6. The van der Waals surface area contributed by atoms with E-state index in [0.29, 0.717) is 41.5 Å². The Morgan fingerprint density at radius 3 is 2.52 bits per heavy atom. The predicted octanol–water partition coefficient (Wildman–Crippen LogP) is 4.28. The Morgan fingerprint density at radius 1 is 1.13 bits per heavy atom. The number of hydrogen-bond donors (Lipinski definition) is 2. The molecular weight excluding hydrogens is 422 g/mol. The summed E-state index contributed by atoms with van der Waals surface area (Å²) in [7, 11) is 1.44. The third kappa shape index (κ3) is 4.18. The lowest BCUT2D eigenvalue weighted by atomic mass is 9.95. The minimum atomic E-state index is -0.832. The van der Waals surface area contributed by atoms with Crippen LogP contribution in [-0.2, 0) is 9.59 Å². The first-order valence-electron chi connectivity index (χ1n) is 9.92. The minimum absolute atomic E-state index is 0.0454. The number of aliphatic hydroxyl groups excluding tert-OH is 1. The lowest BCUT2D eigenvalue weighted by molar-refractivity contribution is -0.139. The second-order valence-corrected chi connectivity index (χ2v) is 7.41. The van der Waals surface area contributed by atoms with Gasteiger partial charge in [0, 0.05) is 12.1 Å². The van der Waals surface area contributed by atoms with Gasteiger partial charge in [-0.3, -0.25) is 9.59 Å². The van der Waals surface area contributed by atoms with Crippen LogP contribution in [0.2, 0.25) is 5.02 Å². The number of ether oxygens (including phenoxy) is 2. The van der Waals surface area contributed by atoms with Gasteiger partial charge in [0.2, 0.25) is 0 Å². The zero-order chi connectivity index (χ0) is 22.7. The number of rotatable bonds is 7. The first-order valence-corrected chi connectivity index (χ1v) is 10.3. The van der Waals surface area contributed by atoms with Gasteiger partial charge in [-0.2, -0.15) is 0 Å². The molecule has 0 spiro atoms. The van der Waals surface area contributed by atoms with Crippen LogP contribution in [0.25, 0.3) is 5.76 Å². The van der Waals surface area contributed by atoms with Crippen LogP contribution in [0.15, 0.2) is 42.0 Å². The number of nitrogens with zero attached hydrogens (tertiary/aromatic N) is 1. The molecule has 2 aromatic carbocycles. The van der Waals surface area contributed by atoms with Crippen molar-refractivity contribution in [2.75, 3.05) is 20.3 Å². The Balaban J connectivity index is 2.21. The normalized spacial score (nSPS) is 17.8. The molecule has 164 valence electrons. The molecule has 7 nitrogen and oxygen atoms in total. The quantitative estimate of drug-likeness (QED) is 0.375. The highest BCUT2D eigenvalue weighted by atomic mass is 35.5. The molecule has 1 aliphatic rings. The van der Waals surface area contributed by atoms with E-state index in [9.17, 15) is 19.8 Å². The van der Waals surface area contributed by atoms with E-state index in [1.807, 2.05) is 6.92 Å². The van der Waals surface area contributed by atoms with Gasteiger partial charge in [-0.05, 0) is 49.2 Å². The molecule has 1 saturated heterocycles. The number of methoxy groups -OCH3 is 1. The molecule has 2 aromatic rings. The van der Waals surface area contributed by atoms with Gasteiger partial charge >= 0.3 is 0 Å². The van der Waals surface area contributed by atoms with Crippen molar-refractivity contribution in [2.45, 2.75) is 26.3 Å². The summed E-state index contributed by atoms with van der Waals surface area (Å²) >= 11 is 6.07. The summed E-state index contributed by atoms with van der Waals surface area (Å²) < 4.78 is 10.7. The van der Waals surface area contributed by atoms with E-state index in [0.717, 1.165) is 0 Å². The molecule has 3 rings (SSSR count). The van der Waals surface area contributed by atoms with E-state index in [1.54, 1.807) is 31.2 Å². The third-order valence-corrected chi connectivity index (χ3v) is 5.34. The molecule has 0 radical (unpaired) electrons. The smallest absolute Gasteiger partial charge is 0.295 e. The zero-order valence-electron chi connectivity index (χ0n) is 17.5. The van der Waals surface area contributed by atoms with Crippen molar-refractivity contribution in [1.82, 2.24) is 4.90 Å². The Bertz CT molecular complexity index is 1050. The van der Waals surface area contributed by atoms with Crippen molar-refractivity contribution >= 4 is 29.1 Å². The molecule has 1 fully saturated rings. The maximum absolute atomic E-state index is 12.9. The van der Waals surface area contributed by atoms with E-state index in [-0.39, 0.29) is 22.8 Å². The molecule has 0 saturated carbocycles. The summed E-state index contributed by atoms with van der Waals surface area (Å²) in [5, 5.41) is 21.5. The van der Waals surface area contributed by atoms with Crippen LogP contribution in [0, 0.1) is 0 Å². The zero-order valence-corrected chi connectivity index (χ0v) is 18.3. The Hall–Kier alpha value is -3.19. The van der Waals surface area contributed by atoms with Crippen LogP contribution in [0.5, 0.6) is 17.2 Å². The SMILES string of the molecule is CCCN1C(=O)C(=O)/C(=C(\O)c2ccc(Cl)c(OC)c2)C1c1ccc(O)c(OCC)c1. The Morgan fingerprint density at radius 2 is 1.87 bits per heavy atom. The van der Waals surface area contributed by atoms with Gasteiger partial charge in [0.25, 0.3) is 11.7 Å². The van der Waals surface area contributed by atoms with Crippen LogP contribution in [-0.4, -0.2) is 47.1 Å². The van der Waals surface area contributed by atoms with Gasteiger partial charge in [-0.25, -0.2) is 0 Å². The molecule has 0 bridgehead atoms. The van der Waals surface area contributed by atoms with E-state index in [4.69, 9.17) is 21.1 Å². The largest absolute Gasteiger partial charge is 0.507 e. The monoisotopic (exact) mass is 445 g/mol. The number of carbonyl (C=O) groups excluding carboxylic acids is 2. The fourth-order valence-corrected chi connectivity index (χ4v) is 3.83. The average Bonchev–Trinajstić information content (AvgIpc) is 3.00. The molecule has 1 aliphatic heterocycles. The van der Waals surface area contributed by atoms with Gasteiger partial charge in [-0.1, -0.05) is 24.6 Å². The summed E-state index contributed by atoms with van der Waals surface area (Å²) in [4.78, 5) is 27.1. The van der Waals surface area contributed by atoms with Gasteiger partial charge < -0.3 is 24.6 Å². The topological polar surface area (TPSA) is 96.3 Å². The number of aliphatic hydroxyl groups is 1. The van der Waals surface area contributed by atoms with Crippen LogP contribution in [0.4, 0.5) is 0 Å². The van der Waals surface area contributed by atoms with Gasteiger partial charge in [0.15, 0.2) is 11.5 Å². The van der Waals surface area contributed by atoms with Crippen LogP contribution in [0.1, 0.15) is 37.4 Å². The third-order valence-electron chi connectivity index (χ3n) is 5.03. The number of aromatic hydroxyl groups is 1. The Kier molecular flexibility index (Phi) is 6.75. The highest BCUT2D eigenvalue weighted by Gasteiger charge is 2.45. The van der Waals surface area contributed by atoms with E-state index < -0.39 is 17.7 Å². The molecule has 31 heavy (non-hydrogen) atoms. The van der Waals surface area contributed by atoms with Crippen LogP contribution < -0.4 is 9.47 Å². The van der Waals surface area contributed by atoms with Crippen LogP contribution >= 0.6 is 11.6 Å². The van der Waals surface area contributed by atoms with E-state index >= 15 is 0 Å². The van der Waals surface area contributed by atoms with Crippen molar-refractivity contribution in [1.29, 1.82) is 0 Å². The van der Waals surface area contributed by atoms with Gasteiger partial charge in [-0.15, -0.1) is 0 Å². The number of Topliss-reactive ketones (excluding diaryl/α,β-unsaturated/α-hetero) is 1. The van der Waals surface area contributed by atoms with Crippen molar-refractivity contribution in [3.05, 3.63) is 58.1 Å². The first kappa shape index (κ1) is 22.5. The van der Waals surface area contributed by atoms with Gasteiger partial charge in [0.05, 0.1) is 30.4 Å². The van der Waals surface area contributed by atoms with E-state index in [1.165, 1.54) is 24.1 Å². The number of halogens is 1. The number of phenols is 1. The van der Waals surface area contributed by atoms with Gasteiger partial charge in [0.1, 0.15) is 11.5 Å². The fourth-order valence-electron chi connectivity index (χ4n) is 3.63. The lowest BCUT2D eigenvalue weighted by Gasteiger charge is -2.25. The molecule has 1 atom stereocenters. The summed E-state index contributed by atoms with van der Waals surface area (Å²) in [5.41, 5.74) is 0.789. The van der Waals surface area contributed by atoms with Crippen molar-refractivity contribution < 1.29 is 29.3 Å².